The molecule has 2 unspecified atom stereocenters. The van der Waals surface area contributed by atoms with E-state index >= 15 is 0 Å². The van der Waals surface area contributed by atoms with Crippen LogP contribution in [0.1, 0.15) is 41.3 Å². The number of nitrogens with one attached hydrogen (secondary N) is 1. The molecule has 0 bridgehead atoms. The van der Waals surface area contributed by atoms with Crippen molar-refractivity contribution in [1.82, 2.24) is 10.2 Å². The number of benzene rings is 2. The SMILES string of the molecule is CC(CNC(=O)c1ccccc1OCC1CCCO1)N1CCc2ccccc2C1. The fraction of sp³-hybridized carbons (Fsp3) is 0.458. The third kappa shape index (κ3) is 4.98. The molecule has 2 aromatic rings. The highest BCUT2D eigenvalue weighted by Crippen LogP contribution is 2.22. The lowest BCUT2D eigenvalue weighted by molar-refractivity contribution is 0.0670. The third-order valence-electron chi connectivity index (χ3n) is 5.92. The van der Waals surface area contributed by atoms with Gasteiger partial charge in [0, 0.05) is 32.3 Å². The molecule has 0 spiro atoms. The Bertz CT molecular complexity index is 832. The molecule has 5 nitrogen and oxygen atoms in total. The first-order valence-electron chi connectivity index (χ1n) is 10.6. The zero-order valence-electron chi connectivity index (χ0n) is 17.1. The summed E-state index contributed by atoms with van der Waals surface area (Å²) in [5.41, 5.74) is 3.42. The minimum absolute atomic E-state index is 0.0859. The fourth-order valence-corrected chi connectivity index (χ4v) is 4.10. The molecule has 0 saturated carbocycles. The van der Waals surface area contributed by atoms with Crippen molar-refractivity contribution >= 4 is 5.91 Å². The minimum atomic E-state index is -0.0859. The number of hydrogen-bond acceptors (Lipinski definition) is 4. The number of nitrogens with zero attached hydrogens (tertiary/aromatic N) is 1. The average Bonchev–Trinajstić information content (AvgIpc) is 3.29. The molecule has 2 atom stereocenters. The van der Waals surface area contributed by atoms with Crippen LogP contribution in [0.3, 0.4) is 0 Å². The van der Waals surface area contributed by atoms with E-state index in [1.54, 1.807) is 0 Å². The highest BCUT2D eigenvalue weighted by atomic mass is 16.5. The molecule has 0 radical (unpaired) electrons. The molecular weight excluding hydrogens is 364 g/mol. The Labute approximate surface area is 173 Å². The monoisotopic (exact) mass is 394 g/mol. The van der Waals surface area contributed by atoms with Crippen LogP contribution < -0.4 is 10.1 Å². The van der Waals surface area contributed by atoms with Crippen LogP contribution >= 0.6 is 0 Å². The zero-order valence-corrected chi connectivity index (χ0v) is 17.1. The summed E-state index contributed by atoms with van der Waals surface area (Å²) < 4.78 is 11.5. The van der Waals surface area contributed by atoms with Gasteiger partial charge >= 0.3 is 0 Å². The molecule has 2 aliphatic rings. The number of hydrogen-bond donors (Lipinski definition) is 1. The fourth-order valence-electron chi connectivity index (χ4n) is 4.10. The van der Waals surface area contributed by atoms with Gasteiger partial charge in [0.1, 0.15) is 12.4 Å². The molecule has 0 aliphatic carbocycles. The van der Waals surface area contributed by atoms with E-state index < -0.39 is 0 Å². The lowest BCUT2D eigenvalue weighted by Gasteiger charge is -2.33. The van der Waals surface area contributed by atoms with E-state index in [1.165, 1.54) is 11.1 Å². The molecule has 2 aromatic carbocycles. The van der Waals surface area contributed by atoms with Gasteiger partial charge in [-0.1, -0.05) is 36.4 Å². The highest BCUT2D eigenvalue weighted by molar-refractivity contribution is 5.96. The van der Waals surface area contributed by atoms with E-state index in [2.05, 4.69) is 41.4 Å². The van der Waals surface area contributed by atoms with E-state index in [4.69, 9.17) is 9.47 Å². The molecule has 29 heavy (non-hydrogen) atoms. The standard InChI is InChI=1S/C24H30N2O3/c1-18(26-13-12-19-7-2-3-8-20(19)16-26)15-25-24(27)22-10-4-5-11-23(22)29-17-21-9-6-14-28-21/h2-5,7-8,10-11,18,21H,6,9,12-17H2,1H3,(H,25,27). The second-order valence-electron chi connectivity index (χ2n) is 7.99. The molecule has 4 rings (SSSR count). The van der Waals surface area contributed by atoms with Crippen molar-refractivity contribution in [3.05, 3.63) is 65.2 Å². The van der Waals surface area contributed by atoms with Gasteiger partial charge in [-0.15, -0.1) is 0 Å². The van der Waals surface area contributed by atoms with Gasteiger partial charge < -0.3 is 14.8 Å². The molecule has 154 valence electrons. The maximum atomic E-state index is 12.8. The van der Waals surface area contributed by atoms with Crippen LogP contribution in [0.5, 0.6) is 5.75 Å². The number of amides is 1. The lowest BCUT2D eigenvalue weighted by Crippen LogP contribution is -2.44. The van der Waals surface area contributed by atoms with E-state index in [1.807, 2.05) is 24.3 Å². The summed E-state index contributed by atoms with van der Waals surface area (Å²) in [6, 6.07) is 16.3. The first-order chi connectivity index (χ1) is 14.2. The van der Waals surface area contributed by atoms with E-state index in [0.717, 1.165) is 39.0 Å². The zero-order chi connectivity index (χ0) is 20.1. The van der Waals surface area contributed by atoms with Gasteiger partial charge in [-0.3, -0.25) is 9.69 Å². The molecule has 5 heteroatoms. The Morgan fingerprint density at radius 3 is 2.83 bits per heavy atom. The lowest BCUT2D eigenvalue weighted by atomic mass is 9.99. The quantitative estimate of drug-likeness (QED) is 0.782. The van der Waals surface area contributed by atoms with Gasteiger partial charge in [0.2, 0.25) is 0 Å². The van der Waals surface area contributed by atoms with Crippen LogP contribution in [0.4, 0.5) is 0 Å². The Kier molecular flexibility index (Phi) is 6.47. The Morgan fingerprint density at radius 2 is 2.00 bits per heavy atom. The number of carbonyl (C=O) groups is 1. The summed E-state index contributed by atoms with van der Waals surface area (Å²) in [7, 11) is 0. The Balaban J connectivity index is 1.31. The summed E-state index contributed by atoms with van der Waals surface area (Å²) in [5, 5.41) is 3.10. The van der Waals surface area contributed by atoms with E-state index in [9.17, 15) is 4.79 Å². The summed E-state index contributed by atoms with van der Waals surface area (Å²) in [6.07, 6.45) is 3.29. The summed E-state index contributed by atoms with van der Waals surface area (Å²) in [4.78, 5) is 15.2. The second-order valence-corrected chi connectivity index (χ2v) is 7.99. The molecule has 1 N–H and O–H groups in total. The molecule has 0 aromatic heterocycles. The van der Waals surface area contributed by atoms with Crippen molar-refractivity contribution in [3.63, 3.8) is 0 Å². The van der Waals surface area contributed by atoms with Crippen LogP contribution in [0.15, 0.2) is 48.5 Å². The van der Waals surface area contributed by atoms with Gasteiger partial charge in [-0.2, -0.15) is 0 Å². The first-order valence-corrected chi connectivity index (χ1v) is 10.6. The van der Waals surface area contributed by atoms with Gasteiger partial charge in [0.05, 0.1) is 11.7 Å². The predicted molar refractivity (Wildman–Crippen MR) is 113 cm³/mol. The van der Waals surface area contributed by atoms with Crippen LogP contribution in [-0.2, 0) is 17.7 Å². The van der Waals surface area contributed by atoms with E-state index in [-0.39, 0.29) is 18.1 Å². The summed E-state index contributed by atoms with van der Waals surface area (Å²) in [5.74, 6) is 0.539. The van der Waals surface area contributed by atoms with Gasteiger partial charge in [0.15, 0.2) is 0 Å². The number of rotatable bonds is 7. The van der Waals surface area contributed by atoms with Crippen molar-refractivity contribution in [2.45, 2.75) is 44.9 Å². The normalized spacial score (nSPS) is 20.1. The second kappa shape index (κ2) is 9.42. The first kappa shape index (κ1) is 19.9. The molecular formula is C24H30N2O3. The maximum absolute atomic E-state index is 12.8. The van der Waals surface area contributed by atoms with Crippen molar-refractivity contribution in [2.75, 3.05) is 26.3 Å². The minimum Gasteiger partial charge on any atom is -0.490 e. The van der Waals surface area contributed by atoms with Gasteiger partial charge in [-0.25, -0.2) is 0 Å². The molecule has 2 aliphatic heterocycles. The number of para-hydroxylation sites is 1. The molecule has 2 heterocycles. The van der Waals surface area contributed by atoms with Gasteiger partial charge in [-0.05, 0) is 49.4 Å². The largest absolute Gasteiger partial charge is 0.490 e. The van der Waals surface area contributed by atoms with Crippen LogP contribution in [-0.4, -0.2) is 49.3 Å². The maximum Gasteiger partial charge on any atom is 0.255 e. The topological polar surface area (TPSA) is 50.8 Å². The van der Waals surface area contributed by atoms with Gasteiger partial charge in [0.25, 0.3) is 5.91 Å². The summed E-state index contributed by atoms with van der Waals surface area (Å²) >= 11 is 0. The van der Waals surface area contributed by atoms with E-state index in [0.29, 0.717) is 24.5 Å². The summed E-state index contributed by atoms with van der Waals surface area (Å²) in [6.45, 7) is 6.04. The molecule has 1 amide bonds. The Morgan fingerprint density at radius 1 is 1.21 bits per heavy atom. The van der Waals surface area contributed by atoms with Crippen LogP contribution in [0, 0.1) is 0 Å². The highest BCUT2D eigenvalue weighted by Gasteiger charge is 2.22. The molecule has 1 fully saturated rings. The van der Waals surface area contributed by atoms with Crippen molar-refractivity contribution in [1.29, 1.82) is 0 Å². The number of fused-ring (bicyclic) bond motifs is 1. The Hall–Kier alpha value is -2.37. The molecule has 1 saturated heterocycles. The van der Waals surface area contributed by atoms with Crippen molar-refractivity contribution in [2.24, 2.45) is 0 Å². The van der Waals surface area contributed by atoms with Crippen molar-refractivity contribution < 1.29 is 14.3 Å². The third-order valence-corrected chi connectivity index (χ3v) is 5.92. The van der Waals surface area contributed by atoms with Crippen molar-refractivity contribution in [3.8, 4) is 5.75 Å². The smallest absolute Gasteiger partial charge is 0.255 e. The predicted octanol–water partition coefficient (Wildman–Crippen LogP) is 3.42. The number of carbonyl (C=O) groups excluding carboxylic acids is 1. The van der Waals surface area contributed by atoms with Crippen LogP contribution in [0.25, 0.3) is 0 Å². The average molecular weight is 395 g/mol. The number of ether oxygens (including phenoxy) is 2. The van der Waals surface area contributed by atoms with Crippen LogP contribution in [0.2, 0.25) is 0 Å².